The standard InChI is InChI=1S/C18H15FN4O/c19-14-2-3-15-16(9-14)24-22-18(15)13-5-7-23(8-6-13)17-4-1-12(10-20)11-21-17/h1-4,9,11,13H,5-8H2. The van der Waals surface area contributed by atoms with Crippen molar-refractivity contribution in [3.8, 4) is 6.07 Å². The van der Waals surface area contributed by atoms with Crippen LogP contribution in [0.4, 0.5) is 10.2 Å². The van der Waals surface area contributed by atoms with Gasteiger partial charge in [0.15, 0.2) is 5.58 Å². The molecule has 1 fully saturated rings. The molecule has 3 heterocycles. The van der Waals surface area contributed by atoms with Crippen molar-refractivity contribution in [2.75, 3.05) is 18.0 Å². The average molecular weight is 322 g/mol. The van der Waals surface area contributed by atoms with Gasteiger partial charge in [0.25, 0.3) is 0 Å². The fourth-order valence-corrected chi connectivity index (χ4v) is 3.25. The number of benzene rings is 1. The Labute approximate surface area is 138 Å². The van der Waals surface area contributed by atoms with Gasteiger partial charge in [0, 0.05) is 36.7 Å². The minimum Gasteiger partial charge on any atom is -0.357 e. The quantitative estimate of drug-likeness (QED) is 0.721. The number of nitrogens with zero attached hydrogens (tertiary/aromatic N) is 4. The number of fused-ring (bicyclic) bond motifs is 1. The van der Waals surface area contributed by atoms with Gasteiger partial charge in [0.05, 0.1) is 11.3 Å². The Balaban J connectivity index is 1.50. The van der Waals surface area contributed by atoms with Crippen LogP contribution >= 0.6 is 0 Å². The van der Waals surface area contributed by atoms with Gasteiger partial charge in [0.2, 0.25) is 0 Å². The number of piperidine rings is 1. The summed E-state index contributed by atoms with van der Waals surface area (Å²) in [5.74, 6) is 0.873. The van der Waals surface area contributed by atoms with E-state index in [1.165, 1.54) is 12.1 Å². The lowest BCUT2D eigenvalue weighted by Crippen LogP contribution is -2.33. The second kappa shape index (κ2) is 5.93. The molecule has 0 atom stereocenters. The number of anilines is 1. The number of halogens is 1. The summed E-state index contributed by atoms with van der Waals surface area (Å²) >= 11 is 0. The Morgan fingerprint density at radius 1 is 1.21 bits per heavy atom. The maximum Gasteiger partial charge on any atom is 0.170 e. The maximum atomic E-state index is 13.3. The highest BCUT2D eigenvalue weighted by molar-refractivity contribution is 5.80. The van der Waals surface area contributed by atoms with E-state index in [9.17, 15) is 4.39 Å². The zero-order chi connectivity index (χ0) is 16.5. The van der Waals surface area contributed by atoms with Crippen LogP contribution in [0.5, 0.6) is 0 Å². The lowest BCUT2D eigenvalue weighted by atomic mass is 9.91. The molecule has 6 heteroatoms. The molecule has 4 rings (SSSR count). The van der Waals surface area contributed by atoms with E-state index in [-0.39, 0.29) is 5.82 Å². The highest BCUT2D eigenvalue weighted by atomic mass is 19.1. The molecule has 1 aliphatic heterocycles. The minimum atomic E-state index is -0.313. The van der Waals surface area contributed by atoms with Crippen molar-refractivity contribution < 1.29 is 8.91 Å². The van der Waals surface area contributed by atoms with Crippen molar-refractivity contribution in [1.29, 1.82) is 5.26 Å². The summed E-state index contributed by atoms with van der Waals surface area (Å²) in [6, 6.07) is 10.3. The van der Waals surface area contributed by atoms with Gasteiger partial charge < -0.3 is 9.42 Å². The van der Waals surface area contributed by atoms with E-state index >= 15 is 0 Å². The van der Waals surface area contributed by atoms with Crippen molar-refractivity contribution in [3.63, 3.8) is 0 Å². The molecule has 1 saturated heterocycles. The summed E-state index contributed by atoms with van der Waals surface area (Å²) in [6.45, 7) is 1.72. The largest absolute Gasteiger partial charge is 0.357 e. The first-order chi connectivity index (χ1) is 11.7. The summed E-state index contributed by atoms with van der Waals surface area (Å²) in [5.41, 5.74) is 1.98. The number of aromatic nitrogens is 2. The molecule has 0 spiro atoms. The van der Waals surface area contributed by atoms with Crippen molar-refractivity contribution in [2.45, 2.75) is 18.8 Å². The molecule has 0 amide bonds. The second-order valence-electron chi connectivity index (χ2n) is 5.99. The lowest BCUT2D eigenvalue weighted by molar-refractivity contribution is 0.416. The minimum absolute atomic E-state index is 0.298. The molecule has 24 heavy (non-hydrogen) atoms. The van der Waals surface area contributed by atoms with E-state index in [0.717, 1.165) is 42.8 Å². The van der Waals surface area contributed by atoms with Crippen molar-refractivity contribution in [2.24, 2.45) is 0 Å². The smallest absolute Gasteiger partial charge is 0.170 e. The van der Waals surface area contributed by atoms with Crippen LogP contribution < -0.4 is 4.90 Å². The first kappa shape index (κ1) is 14.6. The number of nitriles is 1. The molecule has 0 saturated carbocycles. The molecular formula is C18H15FN4O. The number of pyridine rings is 1. The Kier molecular flexibility index (Phi) is 3.62. The van der Waals surface area contributed by atoms with Gasteiger partial charge in [-0.2, -0.15) is 5.26 Å². The normalized spacial score (nSPS) is 15.6. The van der Waals surface area contributed by atoms with E-state index in [1.54, 1.807) is 18.3 Å². The average Bonchev–Trinajstić information content (AvgIpc) is 3.05. The molecule has 0 radical (unpaired) electrons. The van der Waals surface area contributed by atoms with Gasteiger partial charge in [-0.1, -0.05) is 5.16 Å². The summed E-state index contributed by atoms with van der Waals surface area (Å²) < 4.78 is 18.5. The first-order valence-electron chi connectivity index (χ1n) is 7.90. The SMILES string of the molecule is N#Cc1ccc(N2CCC(c3noc4cc(F)ccc34)CC2)nc1. The predicted molar refractivity (Wildman–Crippen MR) is 87.1 cm³/mol. The van der Waals surface area contributed by atoms with Crippen LogP contribution in [-0.2, 0) is 0 Å². The van der Waals surface area contributed by atoms with Crippen LogP contribution in [0.2, 0.25) is 0 Å². The fraction of sp³-hybridized carbons (Fsp3) is 0.278. The van der Waals surface area contributed by atoms with Gasteiger partial charge in [0.1, 0.15) is 17.7 Å². The molecule has 2 aromatic heterocycles. The fourth-order valence-electron chi connectivity index (χ4n) is 3.25. The lowest BCUT2D eigenvalue weighted by Gasteiger charge is -2.32. The molecule has 0 bridgehead atoms. The molecule has 5 nitrogen and oxygen atoms in total. The molecule has 0 N–H and O–H groups in total. The second-order valence-corrected chi connectivity index (χ2v) is 5.99. The number of hydrogen-bond donors (Lipinski definition) is 0. The summed E-state index contributed by atoms with van der Waals surface area (Å²) in [4.78, 5) is 6.56. The number of rotatable bonds is 2. The van der Waals surface area contributed by atoms with Gasteiger partial charge in [-0.3, -0.25) is 0 Å². The van der Waals surface area contributed by atoms with Crippen LogP contribution in [0.1, 0.15) is 30.0 Å². The third kappa shape index (κ3) is 2.58. The predicted octanol–water partition coefficient (Wildman–Crippen LogP) is 3.62. The Bertz CT molecular complexity index is 905. The van der Waals surface area contributed by atoms with E-state index in [0.29, 0.717) is 17.1 Å². The van der Waals surface area contributed by atoms with Crippen molar-refractivity contribution >= 4 is 16.8 Å². The number of hydrogen-bond acceptors (Lipinski definition) is 5. The highest BCUT2D eigenvalue weighted by Crippen LogP contribution is 2.33. The monoisotopic (exact) mass is 322 g/mol. The molecule has 120 valence electrons. The van der Waals surface area contributed by atoms with Gasteiger partial charge in [-0.15, -0.1) is 0 Å². The zero-order valence-corrected chi connectivity index (χ0v) is 12.9. The third-order valence-electron chi connectivity index (χ3n) is 4.54. The zero-order valence-electron chi connectivity index (χ0n) is 12.9. The van der Waals surface area contributed by atoms with Crippen LogP contribution in [-0.4, -0.2) is 23.2 Å². The molecule has 1 aliphatic rings. The van der Waals surface area contributed by atoms with Gasteiger partial charge >= 0.3 is 0 Å². The Hall–Kier alpha value is -2.94. The van der Waals surface area contributed by atoms with Gasteiger partial charge in [-0.25, -0.2) is 9.37 Å². The summed E-state index contributed by atoms with van der Waals surface area (Å²) in [6.07, 6.45) is 3.46. The van der Waals surface area contributed by atoms with E-state index in [2.05, 4.69) is 21.1 Å². The maximum absolute atomic E-state index is 13.3. The Morgan fingerprint density at radius 2 is 2.04 bits per heavy atom. The summed E-state index contributed by atoms with van der Waals surface area (Å²) in [7, 11) is 0. The topological polar surface area (TPSA) is 66.0 Å². The van der Waals surface area contributed by atoms with E-state index in [4.69, 9.17) is 9.78 Å². The van der Waals surface area contributed by atoms with E-state index < -0.39 is 0 Å². The van der Waals surface area contributed by atoms with Crippen molar-refractivity contribution in [1.82, 2.24) is 10.1 Å². The molecule has 0 aliphatic carbocycles. The Morgan fingerprint density at radius 3 is 2.75 bits per heavy atom. The van der Waals surface area contributed by atoms with E-state index in [1.807, 2.05) is 6.07 Å². The highest BCUT2D eigenvalue weighted by Gasteiger charge is 2.25. The van der Waals surface area contributed by atoms with Crippen LogP contribution in [0, 0.1) is 17.1 Å². The third-order valence-corrected chi connectivity index (χ3v) is 4.54. The first-order valence-corrected chi connectivity index (χ1v) is 7.90. The van der Waals surface area contributed by atoms with Crippen LogP contribution in [0.15, 0.2) is 41.1 Å². The molecule has 1 aromatic carbocycles. The molecular weight excluding hydrogens is 307 g/mol. The van der Waals surface area contributed by atoms with Crippen LogP contribution in [0.25, 0.3) is 11.0 Å². The molecule has 3 aromatic rings. The summed E-state index contributed by atoms with van der Waals surface area (Å²) in [5, 5.41) is 13.9. The molecule has 0 unspecified atom stereocenters. The van der Waals surface area contributed by atoms with Crippen molar-refractivity contribution in [3.05, 3.63) is 53.6 Å². The van der Waals surface area contributed by atoms with Gasteiger partial charge in [-0.05, 0) is 37.1 Å². The van der Waals surface area contributed by atoms with Crippen LogP contribution in [0.3, 0.4) is 0 Å².